The number of aromatic amines is 1. The van der Waals surface area contributed by atoms with E-state index in [1.807, 2.05) is 48.7 Å². The molecular weight excluding hydrogens is 440 g/mol. The molecule has 0 saturated carbocycles. The highest BCUT2D eigenvalue weighted by atomic mass is 35.5. The number of nitriles is 1. The SMILES string of the molecule is CCOC(=O)c1cccc2nc(OCC)n(Cc3ccc(-c4c(C#N)[nH]c(C)c4Cl)cc3)c12. The van der Waals surface area contributed by atoms with Gasteiger partial charge in [-0.05, 0) is 44.0 Å². The molecule has 0 unspecified atom stereocenters. The Balaban J connectivity index is 1.75. The second-order valence-electron chi connectivity index (χ2n) is 7.43. The lowest BCUT2D eigenvalue weighted by atomic mass is 10.0. The summed E-state index contributed by atoms with van der Waals surface area (Å²) in [6.07, 6.45) is 0. The Morgan fingerprint density at radius 2 is 1.94 bits per heavy atom. The number of halogens is 1. The fourth-order valence-corrected chi connectivity index (χ4v) is 4.09. The van der Waals surface area contributed by atoms with Crippen molar-refractivity contribution >= 4 is 28.6 Å². The van der Waals surface area contributed by atoms with Gasteiger partial charge >= 0.3 is 5.97 Å². The van der Waals surface area contributed by atoms with Crippen LogP contribution in [-0.4, -0.2) is 33.7 Å². The van der Waals surface area contributed by atoms with Crippen LogP contribution in [-0.2, 0) is 11.3 Å². The van der Waals surface area contributed by atoms with Gasteiger partial charge in [-0.25, -0.2) is 4.79 Å². The Hall–Kier alpha value is -3.76. The number of H-pyrrole nitrogens is 1. The molecule has 0 aliphatic carbocycles. The molecule has 0 fully saturated rings. The summed E-state index contributed by atoms with van der Waals surface area (Å²) < 4.78 is 12.9. The summed E-state index contributed by atoms with van der Waals surface area (Å²) in [5.41, 5.74) is 5.47. The molecule has 4 rings (SSSR count). The maximum Gasteiger partial charge on any atom is 0.340 e. The zero-order valence-electron chi connectivity index (χ0n) is 18.6. The van der Waals surface area contributed by atoms with Gasteiger partial charge in [0, 0.05) is 11.3 Å². The second-order valence-corrected chi connectivity index (χ2v) is 7.81. The molecule has 0 amide bonds. The molecule has 2 heterocycles. The Morgan fingerprint density at radius 1 is 1.18 bits per heavy atom. The molecule has 0 aliphatic heterocycles. The van der Waals surface area contributed by atoms with Crippen molar-refractivity contribution in [2.75, 3.05) is 13.2 Å². The van der Waals surface area contributed by atoms with Crippen molar-refractivity contribution in [1.82, 2.24) is 14.5 Å². The molecule has 168 valence electrons. The Morgan fingerprint density at radius 3 is 2.61 bits per heavy atom. The van der Waals surface area contributed by atoms with E-state index in [9.17, 15) is 10.1 Å². The van der Waals surface area contributed by atoms with E-state index in [1.165, 1.54) is 0 Å². The van der Waals surface area contributed by atoms with Gasteiger partial charge in [0.15, 0.2) is 0 Å². The zero-order valence-corrected chi connectivity index (χ0v) is 19.4. The minimum Gasteiger partial charge on any atom is -0.465 e. The number of nitrogens with zero attached hydrogens (tertiary/aromatic N) is 3. The van der Waals surface area contributed by atoms with Gasteiger partial charge in [-0.2, -0.15) is 10.2 Å². The summed E-state index contributed by atoms with van der Waals surface area (Å²) >= 11 is 6.42. The molecule has 1 N–H and O–H groups in total. The zero-order chi connectivity index (χ0) is 23.5. The highest BCUT2D eigenvalue weighted by Gasteiger charge is 2.20. The number of aryl methyl sites for hydroxylation is 1. The normalized spacial score (nSPS) is 10.9. The maximum absolute atomic E-state index is 12.6. The third-order valence-electron chi connectivity index (χ3n) is 5.31. The van der Waals surface area contributed by atoms with Gasteiger partial charge in [0.1, 0.15) is 11.8 Å². The molecule has 2 aromatic heterocycles. The number of hydrogen-bond acceptors (Lipinski definition) is 5. The smallest absolute Gasteiger partial charge is 0.340 e. The van der Waals surface area contributed by atoms with Crippen molar-refractivity contribution in [2.24, 2.45) is 0 Å². The largest absolute Gasteiger partial charge is 0.465 e. The lowest BCUT2D eigenvalue weighted by Crippen LogP contribution is -2.10. The lowest BCUT2D eigenvalue weighted by molar-refractivity contribution is 0.0528. The maximum atomic E-state index is 12.6. The van der Waals surface area contributed by atoms with E-state index >= 15 is 0 Å². The first-order chi connectivity index (χ1) is 16.0. The highest BCUT2D eigenvalue weighted by Crippen LogP contribution is 2.34. The number of fused-ring (bicyclic) bond motifs is 1. The molecule has 0 atom stereocenters. The number of carbonyl (C=O) groups excluding carboxylic acids is 1. The third kappa shape index (κ3) is 4.18. The van der Waals surface area contributed by atoms with E-state index in [0.717, 1.165) is 16.8 Å². The van der Waals surface area contributed by atoms with E-state index in [2.05, 4.69) is 16.0 Å². The van der Waals surface area contributed by atoms with Gasteiger partial charge in [-0.1, -0.05) is 41.9 Å². The first kappa shape index (κ1) is 22.4. The van der Waals surface area contributed by atoms with Crippen LogP contribution in [0.15, 0.2) is 42.5 Å². The van der Waals surface area contributed by atoms with Crippen LogP contribution in [0, 0.1) is 18.3 Å². The van der Waals surface area contributed by atoms with E-state index in [4.69, 9.17) is 21.1 Å². The van der Waals surface area contributed by atoms with Crippen LogP contribution in [0.5, 0.6) is 6.01 Å². The number of esters is 1. The van der Waals surface area contributed by atoms with E-state index in [1.54, 1.807) is 19.1 Å². The number of ether oxygens (including phenoxy) is 2. The average Bonchev–Trinajstić information content (AvgIpc) is 3.31. The molecule has 33 heavy (non-hydrogen) atoms. The minimum atomic E-state index is -0.399. The number of hydrogen-bond donors (Lipinski definition) is 1. The fraction of sp³-hybridized carbons (Fsp3) is 0.240. The molecule has 0 radical (unpaired) electrons. The summed E-state index contributed by atoms with van der Waals surface area (Å²) in [5, 5.41) is 9.97. The van der Waals surface area contributed by atoms with Crippen LogP contribution in [0.4, 0.5) is 0 Å². The molecule has 2 aromatic carbocycles. The summed E-state index contributed by atoms with van der Waals surface area (Å²) in [4.78, 5) is 20.2. The fourth-order valence-electron chi connectivity index (χ4n) is 3.84. The topological polar surface area (TPSA) is 92.9 Å². The lowest BCUT2D eigenvalue weighted by Gasteiger charge is -2.12. The number of rotatable bonds is 7. The van der Waals surface area contributed by atoms with E-state index < -0.39 is 5.97 Å². The predicted octanol–water partition coefficient (Wildman–Crippen LogP) is 5.49. The van der Waals surface area contributed by atoms with Crippen molar-refractivity contribution in [2.45, 2.75) is 27.3 Å². The van der Waals surface area contributed by atoms with Crippen LogP contribution < -0.4 is 4.74 Å². The summed E-state index contributed by atoms with van der Waals surface area (Å²) in [5.74, 6) is -0.399. The van der Waals surface area contributed by atoms with Crippen LogP contribution >= 0.6 is 11.6 Å². The number of aromatic nitrogens is 3. The summed E-state index contributed by atoms with van der Waals surface area (Å²) in [7, 11) is 0. The van der Waals surface area contributed by atoms with Gasteiger partial charge < -0.3 is 14.5 Å². The minimum absolute atomic E-state index is 0.287. The molecule has 0 bridgehead atoms. The standard InChI is InChI=1S/C25H23ClN4O3/c1-4-32-24(31)18-7-6-8-19-23(18)30(25(29-19)33-5-2)14-16-9-11-17(12-10-16)21-20(13-27)28-15(3)22(21)26/h6-12,28H,4-5,14H2,1-3H3. The van der Waals surface area contributed by atoms with Gasteiger partial charge in [0.2, 0.25) is 0 Å². The summed E-state index contributed by atoms with van der Waals surface area (Å²) in [6, 6.07) is 15.7. The van der Waals surface area contributed by atoms with Crippen LogP contribution in [0.3, 0.4) is 0 Å². The first-order valence-corrected chi connectivity index (χ1v) is 11.0. The van der Waals surface area contributed by atoms with Crippen molar-refractivity contribution in [3.05, 3.63) is 70.0 Å². The number of imidazole rings is 1. The average molecular weight is 463 g/mol. The molecular formula is C25H23ClN4O3. The number of nitrogens with one attached hydrogen (secondary N) is 1. The van der Waals surface area contributed by atoms with Crippen LogP contribution in [0.2, 0.25) is 5.02 Å². The van der Waals surface area contributed by atoms with Crippen LogP contribution in [0.25, 0.3) is 22.2 Å². The van der Waals surface area contributed by atoms with Crippen molar-refractivity contribution in [3.63, 3.8) is 0 Å². The number of carbonyl (C=O) groups is 1. The molecule has 0 aliphatic rings. The van der Waals surface area contributed by atoms with Crippen molar-refractivity contribution in [3.8, 4) is 23.2 Å². The third-order valence-corrected chi connectivity index (χ3v) is 5.78. The monoisotopic (exact) mass is 462 g/mol. The van der Waals surface area contributed by atoms with Gasteiger partial charge in [0.05, 0.1) is 41.4 Å². The van der Waals surface area contributed by atoms with Gasteiger partial charge in [0.25, 0.3) is 6.01 Å². The Labute approximate surface area is 196 Å². The number of benzene rings is 2. The van der Waals surface area contributed by atoms with Crippen molar-refractivity contribution in [1.29, 1.82) is 5.26 Å². The molecule has 7 nitrogen and oxygen atoms in total. The molecule has 8 heteroatoms. The van der Waals surface area contributed by atoms with Gasteiger partial charge in [-0.3, -0.25) is 4.57 Å². The number of para-hydroxylation sites is 1. The van der Waals surface area contributed by atoms with Gasteiger partial charge in [-0.15, -0.1) is 0 Å². The van der Waals surface area contributed by atoms with Crippen LogP contribution in [0.1, 0.15) is 41.2 Å². The Bertz CT molecular complexity index is 1360. The summed E-state index contributed by atoms with van der Waals surface area (Å²) in [6.45, 7) is 6.67. The Kier molecular flexibility index (Phi) is 6.38. The van der Waals surface area contributed by atoms with Crippen molar-refractivity contribution < 1.29 is 14.3 Å². The first-order valence-electron chi connectivity index (χ1n) is 10.6. The quantitative estimate of drug-likeness (QED) is 0.366. The molecule has 4 aromatic rings. The molecule has 0 spiro atoms. The molecule has 0 saturated heterocycles. The highest BCUT2D eigenvalue weighted by molar-refractivity contribution is 6.34. The predicted molar refractivity (Wildman–Crippen MR) is 127 cm³/mol. The van der Waals surface area contributed by atoms with E-state index in [-0.39, 0.29) is 6.61 Å². The second kappa shape index (κ2) is 9.39. The van der Waals surface area contributed by atoms with E-state index in [0.29, 0.717) is 52.0 Å².